The van der Waals surface area contributed by atoms with Crippen molar-refractivity contribution >= 4 is 5.97 Å². The first kappa shape index (κ1) is 12.8. The van der Waals surface area contributed by atoms with Crippen molar-refractivity contribution in [3.05, 3.63) is 0 Å². The van der Waals surface area contributed by atoms with E-state index in [4.69, 9.17) is 14.2 Å². The van der Waals surface area contributed by atoms with Gasteiger partial charge in [-0.05, 0) is 5.92 Å². The molecule has 6 heteroatoms. The van der Waals surface area contributed by atoms with Crippen LogP contribution in [0.4, 0.5) is 0 Å². The van der Waals surface area contributed by atoms with E-state index in [0.717, 1.165) is 0 Å². The Morgan fingerprint density at radius 3 is 2.57 bits per heavy atom. The number of rotatable bonds is 1. The predicted octanol–water partition coefficient (Wildman–Crippen LogP) is -0.538. The van der Waals surface area contributed by atoms with Gasteiger partial charge in [0.1, 0.15) is 23.4 Å². The van der Waals surface area contributed by atoms with Gasteiger partial charge in [-0.15, -0.1) is 0 Å². The fourth-order valence-corrected chi connectivity index (χ4v) is 5.65. The van der Waals surface area contributed by atoms with E-state index in [1.165, 1.54) is 0 Å². The van der Waals surface area contributed by atoms with Crippen LogP contribution in [0.2, 0.25) is 0 Å². The van der Waals surface area contributed by atoms with Gasteiger partial charge in [-0.1, -0.05) is 20.8 Å². The monoisotopic (exact) mass is 296 g/mol. The molecule has 9 atom stereocenters. The normalized spacial score (nSPS) is 66.3. The number of hydrogen-bond donors (Lipinski definition) is 2. The first-order chi connectivity index (χ1) is 9.80. The van der Waals surface area contributed by atoms with Crippen LogP contribution >= 0.6 is 0 Å². The van der Waals surface area contributed by atoms with Crippen LogP contribution in [0.1, 0.15) is 20.8 Å². The largest absolute Gasteiger partial charge is 0.456 e. The Hall–Kier alpha value is -0.690. The van der Waals surface area contributed by atoms with Gasteiger partial charge in [0.2, 0.25) is 0 Å². The van der Waals surface area contributed by atoms with Gasteiger partial charge < -0.3 is 24.4 Å². The minimum atomic E-state index is -1.34. The van der Waals surface area contributed by atoms with Gasteiger partial charge in [0, 0.05) is 11.3 Å². The summed E-state index contributed by atoms with van der Waals surface area (Å²) in [4.78, 5) is 12.4. The minimum Gasteiger partial charge on any atom is -0.456 e. The maximum atomic E-state index is 12.4. The van der Waals surface area contributed by atoms with Gasteiger partial charge in [0.15, 0.2) is 6.10 Å². The molecule has 0 radical (unpaired) electrons. The highest BCUT2D eigenvalue weighted by molar-refractivity contribution is 5.79. The number of esters is 1. The molecule has 5 rings (SSSR count). The lowest BCUT2D eigenvalue weighted by Gasteiger charge is -2.53. The highest BCUT2D eigenvalue weighted by Gasteiger charge is 2.90. The molecular weight excluding hydrogens is 276 g/mol. The van der Waals surface area contributed by atoms with Gasteiger partial charge in [0.05, 0.1) is 18.6 Å². The molecule has 2 saturated carbocycles. The second kappa shape index (κ2) is 3.15. The van der Waals surface area contributed by atoms with Crippen molar-refractivity contribution in [2.24, 2.45) is 23.2 Å². The summed E-state index contributed by atoms with van der Waals surface area (Å²) in [5, 5.41) is 22.1. The average molecular weight is 296 g/mol. The lowest BCUT2D eigenvalue weighted by Crippen LogP contribution is -2.69. The van der Waals surface area contributed by atoms with E-state index < -0.39 is 40.7 Å². The Bertz CT molecular complexity index is 556. The highest BCUT2D eigenvalue weighted by atomic mass is 16.7. The summed E-state index contributed by atoms with van der Waals surface area (Å²) in [7, 11) is 0. The Labute approximate surface area is 122 Å². The van der Waals surface area contributed by atoms with E-state index in [9.17, 15) is 15.0 Å². The number of hydrogen-bond acceptors (Lipinski definition) is 6. The van der Waals surface area contributed by atoms with Gasteiger partial charge in [-0.25, -0.2) is 0 Å². The van der Waals surface area contributed by atoms with E-state index in [2.05, 4.69) is 0 Å². The van der Waals surface area contributed by atoms with E-state index in [-0.39, 0.29) is 24.0 Å². The minimum absolute atomic E-state index is 0.0503. The molecule has 2 bridgehead atoms. The lowest BCUT2D eigenvalue weighted by molar-refractivity contribution is -0.226. The second-order valence-corrected chi connectivity index (χ2v) is 7.83. The van der Waals surface area contributed by atoms with Crippen LogP contribution in [0.15, 0.2) is 0 Å². The van der Waals surface area contributed by atoms with Gasteiger partial charge in [-0.3, -0.25) is 4.79 Å². The summed E-state index contributed by atoms with van der Waals surface area (Å²) in [6.45, 7) is 6.24. The van der Waals surface area contributed by atoms with Crippen LogP contribution in [-0.2, 0) is 19.0 Å². The zero-order valence-electron chi connectivity index (χ0n) is 12.3. The number of epoxide rings is 2. The van der Waals surface area contributed by atoms with Crippen molar-refractivity contribution < 1.29 is 29.2 Å². The molecule has 0 aromatic rings. The van der Waals surface area contributed by atoms with Crippen molar-refractivity contribution in [3.8, 4) is 0 Å². The number of carbonyl (C=O) groups is 1. The predicted molar refractivity (Wildman–Crippen MR) is 68.1 cm³/mol. The molecule has 5 fully saturated rings. The highest BCUT2D eigenvalue weighted by Crippen LogP contribution is 2.74. The number of aliphatic hydroxyl groups is 2. The molecule has 3 saturated heterocycles. The van der Waals surface area contributed by atoms with Crippen LogP contribution in [0, 0.1) is 23.2 Å². The zero-order chi connectivity index (χ0) is 14.9. The first-order valence-electron chi connectivity index (χ1n) is 7.70. The molecule has 3 aliphatic heterocycles. The summed E-state index contributed by atoms with van der Waals surface area (Å²) in [5.74, 6) is -1.49. The molecule has 0 unspecified atom stereocenters. The Morgan fingerprint density at radius 1 is 1.33 bits per heavy atom. The van der Waals surface area contributed by atoms with Gasteiger partial charge in [-0.2, -0.15) is 0 Å². The Balaban J connectivity index is 1.71. The van der Waals surface area contributed by atoms with Crippen LogP contribution < -0.4 is 0 Å². The fraction of sp³-hybridized carbons (Fsp3) is 0.933. The summed E-state index contributed by atoms with van der Waals surface area (Å²) < 4.78 is 16.9. The zero-order valence-corrected chi connectivity index (χ0v) is 12.3. The SMILES string of the molecule is CC(C)[C@]1(O)[C@@H]2OC(=O)[C@H]1[C@@H]1[C@H]3O[C@H]3[C@]3(CO3)[C@]1(C)[C@@H]2O. The van der Waals surface area contributed by atoms with E-state index in [1.54, 1.807) is 0 Å². The summed E-state index contributed by atoms with van der Waals surface area (Å²) in [5.41, 5.74) is -2.43. The lowest BCUT2D eigenvalue weighted by atomic mass is 9.52. The molecule has 2 N–H and O–H groups in total. The first-order valence-corrected chi connectivity index (χ1v) is 7.70. The van der Waals surface area contributed by atoms with Crippen LogP contribution in [0.5, 0.6) is 0 Å². The molecule has 116 valence electrons. The van der Waals surface area contributed by atoms with Gasteiger partial charge >= 0.3 is 5.97 Å². The maximum absolute atomic E-state index is 12.4. The molecule has 2 aliphatic carbocycles. The standard InChI is InChI=1S/C15H20O6/c1-5(2)15(18)7-6-8-10(20-8)14(4-19-14)13(6,3)9(16)11(15)21-12(7)17/h5-11,16,18H,4H2,1-3H3/t6-,7-,8-,9-,10-,11-,13+,14-,15-/m1/s1. The van der Waals surface area contributed by atoms with Crippen LogP contribution in [-0.4, -0.2) is 58.4 Å². The maximum Gasteiger partial charge on any atom is 0.312 e. The number of ether oxygens (including phenoxy) is 3. The fourth-order valence-electron chi connectivity index (χ4n) is 5.65. The molecular formula is C15H20O6. The van der Waals surface area contributed by atoms with Crippen molar-refractivity contribution in [2.75, 3.05) is 6.61 Å². The van der Waals surface area contributed by atoms with E-state index in [0.29, 0.717) is 6.61 Å². The smallest absolute Gasteiger partial charge is 0.312 e. The van der Waals surface area contributed by atoms with Crippen LogP contribution in [0.3, 0.4) is 0 Å². The van der Waals surface area contributed by atoms with Crippen molar-refractivity contribution in [2.45, 2.75) is 56.4 Å². The van der Waals surface area contributed by atoms with E-state index in [1.807, 2.05) is 20.8 Å². The number of carbonyl (C=O) groups excluding carboxylic acids is 1. The van der Waals surface area contributed by atoms with Crippen molar-refractivity contribution in [3.63, 3.8) is 0 Å². The summed E-state index contributed by atoms with van der Waals surface area (Å²) >= 11 is 0. The summed E-state index contributed by atoms with van der Waals surface area (Å²) in [6, 6.07) is 0. The molecule has 21 heavy (non-hydrogen) atoms. The van der Waals surface area contributed by atoms with Crippen LogP contribution in [0.25, 0.3) is 0 Å². The molecule has 5 aliphatic rings. The van der Waals surface area contributed by atoms with Crippen molar-refractivity contribution in [1.29, 1.82) is 0 Å². The quantitative estimate of drug-likeness (QED) is 0.499. The molecule has 0 aromatic heterocycles. The number of aliphatic hydroxyl groups excluding tert-OH is 1. The summed E-state index contributed by atoms with van der Waals surface area (Å²) in [6.07, 6.45) is -1.98. The number of fused-ring (bicyclic) bond motifs is 8. The molecule has 0 aromatic carbocycles. The molecule has 0 amide bonds. The Kier molecular flexibility index (Phi) is 1.92. The third-order valence-electron chi connectivity index (χ3n) is 7.03. The molecule has 3 heterocycles. The van der Waals surface area contributed by atoms with Gasteiger partial charge in [0.25, 0.3) is 0 Å². The third-order valence-corrected chi connectivity index (χ3v) is 7.03. The second-order valence-electron chi connectivity index (χ2n) is 7.83. The molecule has 6 nitrogen and oxygen atoms in total. The average Bonchev–Trinajstić information content (AvgIpc) is 3.27. The van der Waals surface area contributed by atoms with E-state index >= 15 is 0 Å². The topological polar surface area (TPSA) is 91.8 Å². The Morgan fingerprint density at radius 2 is 2.00 bits per heavy atom. The third kappa shape index (κ3) is 1.02. The molecule has 1 spiro atoms. The van der Waals surface area contributed by atoms with Crippen molar-refractivity contribution in [1.82, 2.24) is 0 Å².